The zero-order valence-corrected chi connectivity index (χ0v) is 12.2. The van der Waals surface area contributed by atoms with E-state index in [0.717, 1.165) is 10.5 Å². The molecule has 0 aliphatic carbocycles. The van der Waals surface area contributed by atoms with E-state index in [-0.39, 0.29) is 0 Å². The van der Waals surface area contributed by atoms with E-state index in [0.29, 0.717) is 22.9 Å². The van der Waals surface area contributed by atoms with E-state index in [4.69, 9.17) is 10.5 Å². The SMILES string of the molecule is CCOC(=O)c1ccnc(Sc2cccc(C)c2)c1N. The smallest absolute Gasteiger partial charge is 0.340 e. The number of carbonyl (C=O) groups is 1. The molecule has 1 heterocycles. The lowest BCUT2D eigenvalue weighted by atomic mass is 10.2. The Balaban J connectivity index is 2.29. The Morgan fingerprint density at radius 1 is 1.40 bits per heavy atom. The number of hydrogen-bond acceptors (Lipinski definition) is 5. The van der Waals surface area contributed by atoms with Gasteiger partial charge in [-0.25, -0.2) is 9.78 Å². The first-order chi connectivity index (χ1) is 9.61. The molecule has 1 aromatic carbocycles. The third kappa shape index (κ3) is 3.30. The molecule has 104 valence electrons. The van der Waals surface area contributed by atoms with Crippen LogP contribution in [0.2, 0.25) is 0 Å². The fourth-order valence-corrected chi connectivity index (χ4v) is 2.66. The molecule has 0 unspecified atom stereocenters. The van der Waals surface area contributed by atoms with Crippen molar-refractivity contribution in [1.29, 1.82) is 0 Å². The van der Waals surface area contributed by atoms with Gasteiger partial charge >= 0.3 is 5.97 Å². The fourth-order valence-electron chi connectivity index (χ4n) is 1.71. The summed E-state index contributed by atoms with van der Waals surface area (Å²) in [6.45, 7) is 4.11. The van der Waals surface area contributed by atoms with Crippen molar-refractivity contribution in [3.8, 4) is 0 Å². The van der Waals surface area contributed by atoms with Crippen LogP contribution in [0.25, 0.3) is 0 Å². The molecule has 4 nitrogen and oxygen atoms in total. The summed E-state index contributed by atoms with van der Waals surface area (Å²) in [6, 6.07) is 9.60. The maximum atomic E-state index is 11.8. The van der Waals surface area contributed by atoms with E-state index in [1.165, 1.54) is 11.8 Å². The van der Waals surface area contributed by atoms with E-state index in [1.54, 1.807) is 19.2 Å². The summed E-state index contributed by atoms with van der Waals surface area (Å²) >= 11 is 1.43. The average molecular weight is 288 g/mol. The third-order valence-corrected chi connectivity index (χ3v) is 3.66. The first-order valence-corrected chi connectivity index (χ1v) is 7.09. The summed E-state index contributed by atoms with van der Waals surface area (Å²) in [4.78, 5) is 17.1. The minimum absolute atomic E-state index is 0.320. The number of nitrogens with zero attached hydrogens (tertiary/aromatic N) is 1. The van der Waals surface area contributed by atoms with Crippen molar-refractivity contribution in [2.24, 2.45) is 0 Å². The van der Waals surface area contributed by atoms with Gasteiger partial charge in [0.25, 0.3) is 0 Å². The molecule has 5 heteroatoms. The van der Waals surface area contributed by atoms with Gasteiger partial charge in [-0.15, -0.1) is 0 Å². The molecule has 0 radical (unpaired) electrons. The Bertz CT molecular complexity index is 629. The zero-order chi connectivity index (χ0) is 14.5. The van der Waals surface area contributed by atoms with Gasteiger partial charge < -0.3 is 10.5 Å². The van der Waals surface area contributed by atoms with E-state index >= 15 is 0 Å². The highest BCUT2D eigenvalue weighted by Crippen LogP contribution is 2.32. The highest BCUT2D eigenvalue weighted by molar-refractivity contribution is 7.99. The molecule has 0 fully saturated rings. The Morgan fingerprint density at radius 3 is 2.90 bits per heavy atom. The average Bonchev–Trinajstić information content (AvgIpc) is 2.41. The third-order valence-electron chi connectivity index (χ3n) is 2.65. The van der Waals surface area contributed by atoms with Crippen LogP contribution in [0.1, 0.15) is 22.8 Å². The maximum absolute atomic E-state index is 11.8. The van der Waals surface area contributed by atoms with Crippen molar-refractivity contribution in [3.63, 3.8) is 0 Å². The van der Waals surface area contributed by atoms with Crippen LogP contribution in [0.5, 0.6) is 0 Å². The van der Waals surface area contributed by atoms with Crippen molar-refractivity contribution in [3.05, 3.63) is 47.7 Å². The second-order valence-electron chi connectivity index (χ2n) is 4.22. The summed E-state index contributed by atoms with van der Waals surface area (Å²) in [7, 11) is 0. The number of aryl methyl sites for hydroxylation is 1. The largest absolute Gasteiger partial charge is 0.462 e. The topological polar surface area (TPSA) is 65.2 Å². The van der Waals surface area contributed by atoms with Crippen LogP contribution >= 0.6 is 11.8 Å². The van der Waals surface area contributed by atoms with Crippen molar-refractivity contribution in [2.75, 3.05) is 12.3 Å². The maximum Gasteiger partial charge on any atom is 0.340 e. The molecule has 0 saturated heterocycles. The highest BCUT2D eigenvalue weighted by atomic mass is 32.2. The summed E-state index contributed by atoms with van der Waals surface area (Å²) in [5, 5.41) is 0.612. The summed E-state index contributed by atoms with van der Waals surface area (Å²) in [5.41, 5.74) is 7.90. The predicted octanol–water partition coefficient (Wildman–Crippen LogP) is 3.30. The number of esters is 1. The van der Waals surface area contributed by atoms with Crippen LogP contribution in [0, 0.1) is 6.92 Å². The van der Waals surface area contributed by atoms with Crippen LogP contribution in [0.4, 0.5) is 5.69 Å². The molecule has 0 spiro atoms. The Kier molecular flexibility index (Phi) is 4.63. The molecular weight excluding hydrogens is 272 g/mol. The van der Waals surface area contributed by atoms with Crippen LogP contribution in [0.3, 0.4) is 0 Å². The first-order valence-electron chi connectivity index (χ1n) is 6.28. The molecule has 0 saturated carbocycles. The molecule has 0 atom stereocenters. The standard InChI is InChI=1S/C15H16N2O2S/c1-3-19-15(18)12-7-8-17-14(13(12)16)20-11-6-4-5-10(2)9-11/h4-9H,3,16H2,1-2H3. The van der Waals surface area contributed by atoms with Gasteiger partial charge in [0.15, 0.2) is 0 Å². The van der Waals surface area contributed by atoms with Gasteiger partial charge in [0.2, 0.25) is 0 Å². The first kappa shape index (κ1) is 14.4. The predicted molar refractivity (Wildman–Crippen MR) is 79.9 cm³/mol. The highest BCUT2D eigenvalue weighted by Gasteiger charge is 2.15. The van der Waals surface area contributed by atoms with Crippen molar-refractivity contribution in [1.82, 2.24) is 4.98 Å². The Labute approximate surface area is 122 Å². The lowest BCUT2D eigenvalue weighted by molar-refractivity contribution is 0.0527. The molecule has 0 aliphatic heterocycles. The van der Waals surface area contributed by atoms with Gasteiger partial charge in [0.1, 0.15) is 5.03 Å². The normalized spacial score (nSPS) is 10.3. The van der Waals surface area contributed by atoms with E-state index in [9.17, 15) is 4.79 Å². The lowest BCUT2D eigenvalue weighted by Gasteiger charge is -2.09. The van der Waals surface area contributed by atoms with Gasteiger partial charge in [-0.05, 0) is 32.0 Å². The summed E-state index contributed by atoms with van der Waals surface area (Å²) in [6.07, 6.45) is 1.57. The molecule has 1 aromatic heterocycles. The van der Waals surface area contributed by atoms with E-state index < -0.39 is 5.97 Å². The molecule has 0 bridgehead atoms. The molecule has 2 rings (SSSR count). The molecule has 0 amide bonds. The molecule has 2 N–H and O–H groups in total. The van der Waals surface area contributed by atoms with Gasteiger partial charge in [-0.2, -0.15) is 0 Å². The number of anilines is 1. The Hall–Kier alpha value is -2.01. The quantitative estimate of drug-likeness (QED) is 0.874. The number of aromatic nitrogens is 1. The van der Waals surface area contributed by atoms with Crippen molar-refractivity contribution >= 4 is 23.4 Å². The zero-order valence-electron chi connectivity index (χ0n) is 11.4. The number of hydrogen-bond donors (Lipinski definition) is 1. The van der Waals surface area contributed by atoms with Crippen molar-refractivity contribution < 1.29 is 9.53 Å². The van der Waals surface area contributed by atoms with Crippen LogP contribution in [-0.2, 0) is 4.74 Å². The summed E-state index contributed by atoms with van der Waals surface area (Å²) < 4.78 is 4.98. The van der Waals surface area contributed by atoms with Crippen LogP contribution < -0.4 is 5.73 Å². The molecule has 0 aliphatic rings. The molecular formula is C15H16N2O2S. The number of carbonyl (C=O) groups excluding carboxylic acids is 1. The van der Waals surface area contributed by atoms with Gasteiger partial charge in [-0.1, -0.05) is 29.5 Å². The van der Waals surface area contributed by atoms with Gasteiger partial charge in [-0.3, -0.25) is 0 Å². The minimum Gasteiger partial charge on any atom is -0.462 e. The second kappa shape index (κ2) is 6.43. The summed E-state index contributed by atoms with van der Waals surface area (Å²) in [5.74, 6) is -0.418. The fraction of sp³-hybridized carbons (Fsp3) is 0.200. The van der Waals surface area contributed by atoms with Gasteiger partial charge in [0.05, 0.1) is 17.9 Å². The van der Waals surface area contributed by atoms with Crippen LogP contribution in [0.15, 0.2) is 46.5 Å². The van der Waals surface area contributed by atoms with Crippen molar-refractivity contribution in [2.45, 2.75) is 23.8 Å². The van der Waals surface area contributed by atoms with E-state index in [2.05, 4.69) is 4.98 Å². The molecule has 20 heavy (non-hydrogen) atoms. The van der Waals surface area contributed by atoms with E-state index in [1.807, 2.05) is 31.2 Å². The molecule has 2 aromatic rings. The van der Waals surface area contributed by atoms with Crippen LogP contribution in [-0.4, -0.2) is 17.6 Å². The number of nitrogens with two attached hydrogens (primary N) is 1. The monoisotopic (exact) mass is 288 g/mol. The number of ether oxygens (including phenoxy) is 1. The van der Waals surface area contributed by atoms with Gasteiger partial charge in [0, 0.05) is 11.1 Å². The minimum atomic E-state index is -0.418. The number of nitrogen functional groups attached to an aromatic ring is 1. The number of pyridine rings is 1. The number of benzene rings is 1. The number of rotatable bonds is 4. The second-order valence-corrected chi connectivity index (χ2v) is 5.28. The lowest BCUT2D eigenvalue weighted by Crippen LogP contribution is -2.09. The Morgan fingerprint density at radius 2 is 2.20 bits per heavy atom.